The number of nitrogen functional groups attached to an aromatic ring is 1. The van der Waals surface area contributed by atoms with Gasteiger partial charge in [-0.2, -0.15) is 0 Å². The molecule has 0 atom stereocenters. The molecule has 0 aliphatic carbocycles. The first-order valence-corrected chi connectivity index (χ1v) is 7.71. The van der Waals surface area contributed by atoms with E-state index in [0.717, 1.165) is 27.0 Å². The van der Waals surface area contributed by atoms with Crippen LogP contribution in [0.5, 0.6) is 5.75 Å². The minimum atomic E-state index is 0.492. The van der Waals surface area contributed by atoms with Crippen molar-refractivity contribution in [1.82, 2.24) is 4.98 Å². The number of nitrogens with zero attached hydrogens (tertiary/aromatic N) is 1. The predicted molar refractivity (Wildman–Crippen MR) is 92.6 cm³/mol. The Bertz CT molecular complexity index is 775. The number of rotatable bonds is 4. The molecule has 1 aromatic heterocycles. The average Bonchev–Trinajstić information content (AvgIpc) is 2.54. The average molecular weight is 355 g/mol. The van der Waals surface area contributed by atoms with E-state index >= 15 is 0 Å². The number of ether oxygens (including phenoxy) is 1. The van der Waals surface area contributed by atoms with Crippen molar-refractivity contribution in [2.45, 2.75) is 6.61 Å². The number of hydrogen-bond acceptors (Lipinski definition) is 3. The summed E-state index contributed by atoms with van der Waals surface area (Å²) in [5.74, 6) is 1.27. The monoisotopic (exact) mass is 354 g/mol. The highest BCUT2D eigenvalue weighted by atomic mass is 79.9. The number of aromatic nitrogens is 1. The van der Waals surface area contributed by atoms with Crippen LogP contribution < -0.4 is 10.5 Å². The minimum absolute atomic E-state index is 0.492. The molecule has 110 valence electrons. The van der Waals surface area contributed by atoms with Crippen molar-refractivity contribution in [2.24, 2.45) is 0 Å². The highest BCUT2D eigenvalue weighted by molar-refractivity contribution is 9.10. The lowest BCUT2D eigenvalue weighted by Gasteiger charge is -2.12. The number of benzene rings is 2. The molecular formula is C18H15BrN2O. The van der Waals surface area contributed by atoms with Crippen LogP contribution in [0.2, 0.25) is 0 Å². The summed E-state index contributed by atoms with van der Waals surface area (Å²) < 4.78 is 6.94. The van der Waals surface area contributed by atoms with Crippen LogP contribution in [0.15, 0.2) is 71.2 Å². The van der Waals surface area contributed by atoms with Crippen LogP contribution >= 0.6 is 15.9 Å². The van der Waals surface area contributed by atoms with Gasteiger partial charge in [0.15, 0.2) is 0 Å². The van der Waals surface area contributed by atoms with E-state index in [-0.39, 0.29) is 0 Å². The molecule has 0 saturated heterocycles. The van der Waals surface area contributed by atoms with Gasteiger partial charge < -0.3 is 10.5 Å². The number of nitrogens with two attached hydrogens (primary N) is 1. The van der Waals surface area contributed by atoms with Crippen LogP contribution in [0.1, 0.15) is 5.56 Å². The van der Waals surface area contributed by atoms with Gasteiger partial charge in [0.1, 0.15) is 18.2 Å². The van der Waals surface area contributed by atoms with Crippen LogP contribution in [0.25, 0.3) is 11.3 Å². The summed E-state index contributed by atoms with van der Waals surface area (Å²) in [6.45, 7) is 0.512. The second-order valence-corrected chi connectivity index (χ2v) is 5.78. The number of hydrogen-bond donors (Lipinski definition) is 1. The van der Waals surface area contributed by atoms with E-state index in [1.807, 2.05) is 60.7 Å². The van der Waals surface area contributed by atoms with Gasteiger partial charge in [-0.25, -0.2) is 4.98 Å². The Morgan fingerprint density at radius 2 is 1.77 bits per heavy atom. The zero-order valence-electron chi connectivity index (χ0n) is 11.9. The molecule has 0 saturated carbocycles. The molecule has 3 nitrogen and oxygen atoms in total. The van der Waals surface area contributed by atoms with E-state index in [4.69, 9.17) is 10.5 Å². The molecule has 4 heteroatoms. The smallest absolute Gasteiger partial charge is 0.129 e. The van der Waals surface area contributed by atoms with Gasteiger partial charge in [0, 0.05) is 10.0 Å². The van der Waals surface area contributed by atoms with Gasteiger partial charge in [0.2, 0.25) is 0 Å². The molecule has 0 spiro atoms. The molecule has 0 radical (unpaired) electrons. The Labute approximate surface area is 137 Å². The standard InChI is InChI=1S/C18H15BrN2O/c19-14-9-10-17(22-12-13-5-2-1-3-6-13)15(11-14)16-7-4-8-18(20)21-16/h1-11H,12H2,(H2,20,21). The molecule has 1 heterocycles. The van der Waals surface area contributed by atoms with E-state index in [1.54, 1.807) is 6.07 Å². The summed E-state index contributed by atoms with van der Waals surface area (Å²) in [6, 6.07) is 21.5. The topological polar surface area (TPSA) is 48.1 Å². The fraction of sp³-hybridized carbons (Fsp3) is 0.0556. The molecule has 0 amide bonds. The maximum atomic E-state index is 5.97. The third-order valence-corrected chi connectivity index (χ3v) is 3.72. The normalized spacial score (nSPS) is 10.4. The fourth-order valence-corrected chi connectivity index (χ4v) is 2.53. The summed E-state index contributed by atoms with van der Waals surface area (Å²) >= 11 is 3.49. The third-order valence-electron chi connectivity index (χ3n) is 3.23. The maximum absolute atomic E-state index is 5.97. The van der Waals surface area contributed by atoms with Gasteiger partial charge in [0.05, 0.1) is 5.69 Å². The summed E-state index contributed by atoms with van der Waals surface area (Å²) in [4.78, 5) is 4.38. The Morgan fingerprint density at radius 1 is 0.955 bits per heavy atom. The SMILES string of the molecule is Nc1cccc(-c2cc(Br)ccc2OCc2ccccc2)n1. The van der Waals surface area contributed by atoms with Gasteiger partial charge in [-0.1, -0.05) is 52.3 Å². The second-order valence-electron chi connectivity index (χ2n) is 4.86. The van der Waals surface area contributed by atoms with Gasteiger partial charge >= 0.3 is 0 Å². The molecule has 0 bridgehead atoms. The summed E-state index contributed by atoms with van der Waals surface area (Å²) in [5, 5.41) is 0. The van der Waals surface area contributed by atoms with Crippen molar-refractivity contribution < 1.29 is 4.74 Å². The lowest BCUT2D eigenvalue weighted by molar-refractivity contribution is 0.307. The van der Waals surface area contributed by atoms with Crippen LogP contribution in [0, 0.1) is 0 Å². The van der Waals surface area contributed by atoms with Crippen LogP contribution in [0.3, 0.4) is 0 Å². The summed E-state index contributed by atoms with van der Waals surface area (Å²) in [5.41, 5.74) is 8.62. The fourth-order valence-electron chi connectivity index (χ4n) is 2.17. The van der Waals surface area contributed by atoms with Crippen molar-refractivity contribution in [3.05, 3.63) is 76.8 Å². The van der Waals surface area contributed by atoms with E-state index in [2.05, 4.69) is 20.9 Å². The molecule has 22 heavy (non-hydrogen) atoms. The summed E-state index contributed by atoms with van der Waals surface area (Å²) in [7, 11) is 0. The van der Waals surface area contributed by atoms with Gasteiger partial charge in [-0.15, -0.1) is 0 Å². The first kappa shape index (κ1) is 14.6. The van der Waals surface area contributed by atoms with Crippen LogP contribution in [0.4, 0.5) is 5.82 Å². The van der Waals surface area contributed by atoms with Crippen molar-refractivity contribution in [3.63, 3.8) is 0 Å². The van der Waals surface area contributed by atoms with E-state index in [1.165, 1.54) is 0 Å². The largest absolute Gasteiger partial charge is 0.488 e. The molecular weight excluding hydrogens is 340 g/mol. The van der Waals surface area contributed by atoms with Crippen molar-refractivity contribution in [1.29, 1.82) is 0 Å². The van der Waals surface area contributed by atoms with Crippen LogP contribution in [-0.4, -0.2) is 4.98 Å². The predicted octanol–water partition coefficient (Wildman–Crippen LogP) is 4.67. The molecule has 3 aromatic rings. The lowest BCUT2D eigenvalue weighted by atomic mass is 10.1. The Hall–Kier alpha value is -2.33. The number of anilines is 1. The highest BCUT2D eigenvalue weighted by Crippen LogP contribution is 2.32. The quantitative estimate of drug-likeness (QED) is 0.740. The minimum Gasteiger partial charge on any atom is -0.488 e. The van der Waals surface area contributed by atoms with Crippen molar-refractivity contribution >= 4 is 21.7 Å². The first-order valence-electron chi connectivity index (χ1n) is 6.91. The molecule has 2 aromatic carbocycles. The first-order chi connectivity index (χ1) is 10.7. The molecule has 0 unspecified atom stereocenters. The summed E-state index contributed by atoms with van der Waals surface area (Å²) in [6.07, 6.45) is 0. The maximum Gasteiger partial charge on any atom is 0.129 e. The Balaban J connectivity index is 1.91. The number of pyridine rings is 1. The lowest BCUT2D eigenvalue weighted by Crippen LogP contribution is -1.98. The van der Waals surface area contributed by atoms with E-state index in [9.17, 15) is 0 Å². The van der Waals surface area contributed by atoms with Crippen molar-refractivity contribution in [2.75, 3.05) is 5.73 Å². The van der Waals surface area contributed by atoms with Gasteiger partial charge in [-0.3, -0.25) is 0 Å². The second kappa shape index (κ2) is 6.62. The molecule has 0 aliphatic rings. The molecule has 3 rings (SSSR count). The van der Waals surface area contributed by atoms with Gasteiger partial charge in [0.25, 0.3) is 0 Å². The third kappa shape index (κ3) is 3.46. The molecule has 2 N–H and O–H groups in total. The zero-order valence-corrected chi connectivity index (χ0v) is 13.5. The van der Waals surface area contributed by atoms with Crippen molar-refractivity contribution in [3.8, 4) is 17.0 Å². The van der Waals surface area contributed by atoms with E-state index in [0.29, 0.717) is 12.4 Å². The Kier molecular flexibility index (Phi) is 4.39. The van der Waals surface area contributed by atoms with E-state index < -0.39 is 0 Å². The molecule has 0 aliphatic heterocycles. The highest BCUT2D eigenvalue weighted by Gasteiger charge is 2.09. The van der Waals surface area contributed by atoms with Gasteiger partial charge in [-0.05, 0) is 35.9 Å². The zero-order chi connectivity index (χ0) is 15.4. The Morgan fingerprint density at radius 3 is 2.55 bits per heavy atom. The van der Waals surface area contributed by atoms with Crippen LogP contribution in [-0.2, 0) is 6.61 Å². The number of halogens is 1. The molecule has 0 fully saturated rings.